The summed E-state index contributed by atoms with van der Waals surface area (Å²) in [5, 5.41) is 0. The van der Waals surface area contributed by atoms with Crippen molar-refractivity contribution in [2.75, 3.05) is 6.54 Å². The van der Waals surface area contributed by atoms with E-state index < -0.39 is 0 Å². The Labute approximate surface area is 64.7 Å². The largest absolute Gasteiger partial charge is 0.347 e. The van der Waals surface area contributed by atoms with E-state index in [1.165, 1.54) is 4.57 Å². The van der Waals surface area contributed by atoms with Gasteiger partial charge in [-0.2, -0.15) is 4.98 Å². The van der Waals surface area contributed by atoms with Gasteiger partial charge in [0.25, 0.3) is 0 Å². The highest BCUT2D eigenvalue weighted by atomic mass is 16.1. The summed E-state index contributed by atoms with van der Waals surface area (Å²) in [6.45, 7) is 2.78. The molecule has 11 heavy (non-hydrogen) atoms. The Morgan fingerprint density at radius 1 is 1.73 bits per heavy atom. The zero-order chi connectivity index (χ0) is 8.27. The fraction of sp³-hybridized carbons (Fsp3) is 0.429. The Kier molecular flexibility index (Phi) is 2.38. The molecule has 0 bridgehead atoms. The van der Waals surface area contributed by atoms with Crippen molar-refractivity contribution >= 4 is 0 Å². The van der Waals surface area contributed by atoms with E-state index in [0.717, 1.165) is 5.69 Å². The van der Waals surface area contributed by atoms with Crippen molar-refractivity contribution in [2.45, 2.75) is 13.5 Å². The predicted octanol–water partition coefficient (Wildman–Crippen LogP) is -0.490. The van der Waals surface area contributed by atoms with Gasteiger partial charge in [0.05, 0.1) is 0 Å². The predicted molar refractivity (Wildman–Crippen MR) is 42.3 cm³/mol. The summed E-state index contributed by atoms with van der Waals surface area (Å²) >= 11 is 0. The molecule has 1 aromatic rings. The zero-order valence-corrected chi connectivity index (χ0v) is 6.45. The minimum Gasteiger partial charge on any atom is -0.329 e. The lowest BCUT2D eigenvalue weighted by Gasteiger charge is -2.00. The van der Waals surface area contributed by atoms with E-state index in [0.29, 0.717) is 13.1 Å². The van der Waals surface area contributed by atoms with E-state index in [-0.39, 0.29) is 5.69 Å². The molecule has 0 saturated carbocycles. The SMILES string of the molecule is Cc1ccn(CCN)c(=O)n1. The smallest absolute Gasteiger partial charge is 0.329 e. The first-order valence-electron chi connectivity index (χ1n) is 3.48. The third-order valence-corrected chi connectivity index (χ3v) is 1.38. The van der Waals surface area contributed by atoms with Crippen LogP contribution in [0.2, 0.25) is 0 Å². The molecule has 0 saturated heterocycles. The van der Waals surface area contributed by atoms with Crippen LogP contribution in [0.4, 0.5) is 0 Å². The van der Waals surface area contributed by atoms with Crippen molar-refractivity contribution in [1.29, 1.82) is 0 Å². The number of nitrogens with zero attached hydrogens (tertiary/aromatic N) is 2. The molecule has 0 aliphatic carbocycles. The van der Waals surface area contributed by atoms with Crippen LogP contribution in [-0.2, 0) is 6.54 Å². The molecule has 1 heterocycles. The number of rotatable bonds is 2. The Morgan fingerprint density at radius 2 is 2.45 bits per heavy atom. The van der Waals surface area contributed by atoms with Crippen LogP contribution in [0.5, 0.6) is 0 Å². The van der Waals surface area contributed by atoms with Crippen molar-refractivity contribution in [2.24, 2.45) is 5.73 Å². The minimum atomic E-state index is -0.226. The molecule has 0 aliphatic rings. The summed E-state index contributed by atoms with van der Waals surface area (Å²) in [5.41, 5.74) is 5.79. The highest BCUT2D eigenvalue weighted by Crippen LogP contribution is 1.84. The minimum absolute atomic E-state index is 0.226. The first kappa shape index (κ1) is 7.94. The number of hydrogen-bond acceptors (Lipinski definition) is 3. The molecule has 0 amide bonds. The Balaban J connectivity index is 3.00. The monoisotopic (exact) mass is 153 g/mol. The Bertz CT molecular complexity index is 292. The van der Waals surface area contributed by atoms with Gasteiger partial charge < -0.3 is 5.73 Å². The second-order valence-electron chi connectivity index (χ2n) is 2.33. The van der Waals surface area contributed by atoms with Crippen LogP contribution in [0.3, 0.4) is 0 Å². The highest BCUT2D eigenvalue weighted by molar-refractivity contribution is 4.95. The molecule has 0 aliphatic heterocycles. The molecule has 0 fully saturated rings. The lowest BCUT2D eigenvalue weighted by molar-refractivity contribution is 0.655. The Hall–Kier alpha value is -1.16. The van der Waals surface area contributed by atoms with Crippen molar-refractivity contribution < 1.29 is 0 Å². The van der Waals surface area contributed by atoms with Crippen molar-refractivity contribution in [3.8, 4) is 0 Å². The van der Waals surface area contributed by atoms with E-state index >= 15 is 0 Å². The Morgan fingerprint density at radius 3 is 3.00 bits per heavy atom. The average molecular weight is 153 g/mol. The van der Waals surface area contributed by atoms with E-state index in [4.69, 9.17) is 5.73 Å². The van der Waals surface area contributed by atoms with Gasteiger partial charge >= 0.3 is 5.69 Å². The molecule has 4 heteroatoms. The van der Waals surface area contributed by atoms with Gasteiger partial charge in [0, 0.05) is 25.0 Å². The molecule has 0 spiro atoms. The number of nitrogens with two attached hydrogens (primary N) is 1. The summed E-state index contributed by atoms with van der Waals surface area (Å²) in [6.07, 6.45) is 1.71. The van der Waals surface area contributed by atoms with Gasteiger partial charge in [0.15, 0.2) is 0 Å². The molecular formula is C7H11N3O. The van der Waals surface area contributed by atoms with Crippen molar-refractivity contribution in [3.05, 3.63) is 28.4 Å². The molecule has 0 radical (unpaired) electrons. The van der Waals surface area contributed by atoms with Gasteiger partial charge in [-0.3, -0.25) is 4.57 Å². The van der Waals surface area contributed by atoms with Gasteiger partial charge in [-0.25, -0.2) is 4.79 Å². The molecule has 1 aromatic heterocycles. The molecule has 2 N–H and O–H groups in total. The van der Waals surface area contributed by atoms with Crippen molar-refractivity contribution in [3.63, 3.8) is 0 Å². The highest BCUT2D eigenvalue weighted by Gasteiger charge is 1.93. The summed E-state index contributed by atoms with van der Waals surface area (Å²) in [6, 6.07) is 1.79. The number of aryl methyl sites for hydroxylation is 1. The number of aromatic nitrogens is 2. The molecule has 0 atom stereocenters. The molecule has 60 valence electrons. The third kappa shape index (κ3) is 1.88. The summed E-state index contributed by atoms with van der Waals surface area (Å²) in [4.78, 5) is 14.8. The van der Waals surface area contributed by atoms with Crippen LogP contribution >= 0.6 is 0 Å². The molecule has 4 nitrogen and oxygen atoms in total. The van der Waals surface area contributed by atoms with E-state index in [1.807, 2.05) is 0 Å². The second-order valence-corrected chi connectivity index (χ2v) is 2.33. The fourth-order valence-corrected chi connectivity index (χ4v) is 0.823. The quantitative estimate of drug-likeness (QED) is 0.623. The van der Waals surface area contributed by atoms with Gasteiger partial charge in [-0.1, -0.05) is 0 Å². The first-order valence-corrected chi connectivity index (χ1v) is 3.48. The van der Waals surface area contributed by atoms with E-state index in [1.54, 1.807) is 19.2 Å². The third-order valence-electron chi connectivity index (χ3n) is 1.38. The maximum Gasteiger partial charge on any atom is 0.347 e. The van der Waals surface area contributed by atoms with Gasteiger partial charge in [-0.15, -0.1) is 0 Å². The summed E-state index contributed by atoms with van der Waals surface area (Å²) in [5.74, 6) is 0. The van der Waals surface area contributed by atoms with Crippen LogP contribution in [0.25, 0.3) is 0 Å². The summed E-state index contributed by atoms with van der Waals surface area (Å²) in [7, 11) is 0. The van der Waals surface area contributed by atoms with Crippen LogP contribution in [0.15, 0.2) is 17.1 Å². The topological polar surface area (TPSA) is 60.9 Å². The maximum absolute atomic E-state index is 11.0. The molecular weight excluding hydrogens is 142 g/mol. The maximum atomic E-state index is 11.0. The van der Waals surface area contributed by atoms with Gasteiger partial charge in [-0.05, 0) is 13.0 Å². The normalized spacial score (nSPS) is 10.0. The fourth-order valence-electron chi connectivity index (χ4n) is 0.823. The lowest BCUT2D eigenvalue weighted by atomic mass is 10.4. The van der Waals surface area contributed by atoms with Crippen LogP contribution < -0.4 is 11.4 Å². The van der Waals surface area contributed by atoms with E-state index in [9.17, 15) is 4.79 Å². The number of hydrogen-bond donors (Lipinski definition) is 1. The molecule has 0 aromatic carbocycles. The lowest BCUT2D eigenvalue weighted by Crippen LogP contribution is -2.25. The summed E-state index contributed by atoms with van der Waals surface area (Å²) < 4.78 is 1.49. The van der Waals surface area contributed by atoms with Gasteiger partial charge in [0.1, 0.15) is 0 Å². The van der Waals surface area contributed by atoms with E-state index in [2.05, 4.69) is 4.98 Å². The van der Waals surface area contributed by atoms with Crippen LogP contribution in [0, 0.1) is 6.92 Å². The van der Waals surface area contributed by atoms with Gasteiger partial charge in [0.2, 0.25) is 0 Å². The average Bonchev–Trinajstić information content (AvgIpc) is 1.95. The second kappa shape index (κ2) is 3.30. The standard InChI is InChI=1S/C7H11N3O/c1-6-2-4-10(5-3-8)7(11)9-6/h2,4H,3,5,8H2,1H3. The van der Waals surface area contributed by atoms with Crippen LogP contribution in [-0.4, -0.2) is 16.1 Å². The van der Waals surface area contributed by atoms with Crippen LogP contribution in [0.1, 0.15) is 5.69 Å². The zero-order valence-electron chi connectivity index (χ0n) is 6.45. The van der Waals surface area contributed by atoms with Crippen molar-refractivity contribution in [1.82, 2.24) is 9.55 Å². The first-order chi connectivity index (χ1) is 5.24. The molecule has 1 rings (SSSR count). The molecule has 0 unspecified atom stereocenters.